The Morgan fingerprint density at radius 2 is 2.12 bits per heavy atom. The highest BCUT2D eigenvalue weighted by Crippen LogP contribution is 2.28. The average Bonchev–Trinajstić information content (AvgIpc) is 3.07. The third kappa shape index (κ3) is 6.25. The summed E-state index contributed by atoms with van der Waals surface area (Å²) >= 11 is 0. The minimum Gasteiger partial charge on any atom is -0.389 e. The van der Waals surface area contributed by atoms with Crippen LogP contribution in [0.4, 0.5) is 0 Å². The fraction of sp³-hybridized carbons (Fsp3) is 0.680. The minimum absolute atomic E-state index is 0.116. The van der Waals surface area contributed by atoms with Gasteiger partial charge < -0.3 is 14.7 Å². The molecule has 33 heavy (non-hydrogen) atoms. The number of aliphatic hydroxyl groups is 1. The number of hydrogen-bond donors (Lipinski definition) is 1. The molecule has 0 aromatic carbocycles. The number of allylic oxidation sites excluding steroid dienone is 2. The van der Waals surface area contributed by atoms with Gasteiger partial charge in [-0.05, 0) is 46.2 Å². The number of fused-ring (bicyclic) bond motifs is 1. The molecule has 184 valence electrons. The number of β-amino-alcohol motifs (C(OH)–C–C–N with tert-alkyl or cyclic N) is 1. The lowest BCUT2D eigenvalue weighted by atomic mass is 9.97. The first-order valence-electron chi connectivity index (χ1n) is 12.1. The van der Waals surface area contributed by atoms with Gasteiger partial charge in [0.05, 0.1) is 31.9 Å². The lowest BCUT2D eigenvalue weighted by Gasteiger charge is -2.41. The van der Waals surface area contributed by atoms with E-state index < -0.39 is 6.10 Å². The van der Waals surface area contributed by atoms with Gasteiger partial charge in [-0.2, -0.15) is 5.10 Å². The van der Waals surface area contributed by atoms with Crippen molar-refractivity contribution < 1.29 is 9.84 Å². The molecule has 2 aliphatic heterocycles. The summed E-state index contributed by atoms with van der Waals surface area (Å²) in [6.45, 7) is 16.1. The molecule has 0 bridgehead atoms. The van der Waals surface area contributed by atoms with Crippen molar-refractivity contribution in [3.05, 3.63) is 51.9 Å². The van der Waals surface area contributed by atoms with Gasteiger partial charge in [0, 0.05) is 37.8 Å². The quantitative estimate of drug-likeness (QED) is 0.572. The van der Waals surface area contributed by atoms with Crippen LogP contribution in [0.3, 0.4) is 0 Å². The Balaban J connectivity index is 1.56. The number of likely N-dealkylation sites (N-methyl/N-ethyl adjacent to an activating group) is 1. The monoisotopic (exact) mass is 459 g/mol. The van der Waals surface area contributed by atoms with Crippen LogP contribution in [0.1, 0.15) is 52.8 Å². The van der Waals surface area contributed by atoms with Crippen molar-refractivity contribution >= 4 is 0 Å². The van der Waals surface area contributed by atoms with Gasteiger partial charge in [0.15, 0.2) is 0 Å². The van der Waals surface area contributed by atoms with E-state index in [0.717, 1.165) is 37.3 Å². The lowest BCUT2D eigenvalue weighted by Crippen LogP contribution is -2.46. The summed E-state index contributed by atoms with van der Waals surface area (Å²) in [6, 6.07) is 0.202. The third-order valence-electron chi connectivity index (χ3n) is 6.83. The number of nitrogens with zero attached hydrogens (tertiary/aromatic N) is 5. The van der Waals surface area contributed by atoms with Crippen molar-refractivity contribution in [1.29, 1.82) is 0 Å². The number of aliphatic hydroxyl groups excluding tert-OH is 1. The zero-order valence-electron chi connectivity index (χ0n) is 21.0. The van der Waals surface area contributed by atoms with E-state index in [1.165, 1.54) is 15.8 Å². The van der Waals surface area contributed by atoms with E-state index in [1.54, 1.807) is 4.57 Å². The van der Waals surface area contributed by atoms with Crippen LogP contribution < -0.4 is 5.69 Å². The predicted octanol–water partition coefficient (Wildman–Crippen LogP) is 2.54. The van der Waals surface area contributed by atoms with E-state index in [9.17, 15) is 9.90 Å². The lowest BCUT2D eigenvalue weighted by molar-refractivity contribution is 0.00445. The number of hydrogen-bond acceptors (Lipinski definition) is 6. The molecular weight excluding hydrogens is 418 g/mol. The van der Waals surface area contributed by atoms with E-state index in [-0.39, 0.29) is 24.4 Å². The van der Waals surface area contributed by atoms with Crippen LogP contribution in [0, 0.1) is 0 Å². The molecule has 3 atom stereocenters. The minimum atomic E-state index is -0.703. The molecule has 1 aromatic rings. The van der Waals surface area contributed by atoms with Crippen LogP contribution >= 0.6 is 0 Å². The summed E-state index contributed by atoms with van der Waals surface area (Å²) in [5.41, 5.74) is 3.43. The van der Waals surface area contributed by atoms with E-state index in [2.05, 4.69) is 54.4 Å². The number of aromatic nitrogens is 3. The van der Waals surface area contributed by atoms with Crippen LogP contribution in [-0.4, -0.2) is 74.2 Å². The Morgan fingerprint density at radius 1 is 1.36 bits per heavy atom. The number of likely N-dealkylation sites (tertiary alicyclic amines) is 1. The van der Waals surface area contributed by atoms with E-state index in [1.807, 2.05) is 14.0 Å². The first kappa shape index (κ1) is 25.5. The molecule has 8 nitrogen and oxygen atoms in total. The maximum absolute atomic E-state index is 12.6. The zero-order valence-corrected chi connectivity index (χ0v) is 21.0. The molecule has 0 amide bonds. The molecule has 0 saturated carbocycles. The van der Waals surface area contributed by atoms with Gasteiger partial charge in [-0.1, -0.05) is 31.2 Å². The molecule has 1 N–H and O–H groups in total. The second-order valence-corrected chi connectivity index (χ2v) is 9.52. The molecule has 0 radical (unpaired) electrons. The maximum atomic E-state index is 12.6. The molecule has 1 aromatic heterocycles. The molecule has 3 unspecified atom stereocenters. The average molecular weight is 460 g/mol. The third-order valence-corrected chi connectivity index (χ3v) is 6.83. The fourth-order valence-corrected chi connectivity index (χ4v) is 4.69. The topological polar surface area (TPSA) is 75.8 Å². The van der Waals surface area contributed by atoms with Crippen molar-refractivity contribution in [2.24, 2.45) is 0 Å². The fourth-order valence-electron chi connectivity index (χ4n) is 4.69. The predicted molar refractivity (Wildman–Crippen MR) is 131 cm³/mol. The molecule has 3 rings (SSSR count). The summed E-state index contributed by atoms with van der Waals surface area (Å²) in [4.78, 5) is 16.9. The molecule has 2 aliphatic rings. The first-order chi connectivity index (χ1) is 15.7. The molecule has 3 heterocycles. The Kier molecular flexibility index (Phi) is 8.73. The zero-order chi connectivity index (χ0) is 24.1. The van der Waals surface area contributed by atoms with Crippen LogP contribution in [0.15, 0.2) is 40.4 Å². The molecule has 0 spiro atoms. The maximum Gasteiger partial charge on any atom is 0.346 e. The van der Waals surface area contributed by atoms with Gasteiger partial charge in [-0.15, -0.1) is 0 Å². The van der Waals surface area contributed by atoms with Crippen LogP contribution in [0.5, 0.6) is 0 Å². The summed E-state index contributed by atoms with van der Waals surface area (Å²) in [5.74, 6) is 0.765. The standard InChI is InChI=1S/C25H41N5O3/c1-7-9-21(18(3)8-2)17-33-23-12-19(4)29(20(5)13-23)14-22(31)15-30-25(32)28-11-10-27(6)16-24(28)26-30/h7,9,20,22-23,31H,4,8,10-17H2,1-3,5-6H3/b9-7-,21-18+. The van der Waals surface area contributed by atoms with Crippen molar-refractivity contribution in [2.45, 2.75) is 84.8 Å². The van der Waals surface area contributed by atoms with Gasteiger partial charge in [0.1, 0.15) is 5.82 Å². The van der Waals surface area contributed by atoms with Gasteiger partial charge in [-0.3, -0.25) is 9.47 Å². The Hall–Kier alpha value is -2.16. The molecular formula is C25H41N5O3. The molecule has 1 saturated heterocycles. The van der Waals surface area contributed by atoms with Crippen LogP contribution in [-0.2, 0) is 24.4 Å². The highest BCUT2D eigenvalue weighted by molar-refractivity contribution is 5.24. The molecule has 8 heteroatoms. The largest absolute Gasteiger partial charge is 0.389 e. The van der Waals surface area contributed by atoms with Gasteiger partial charge in [-0.25, -0.2) is 9.48 Å². The molecule has 1 fully saturated rings. The van der Waals surface area contributed by atoms with Gasteiger partial charge in [0.25, 0.3) is 0 Å². The van der Waals surface area contributed by atoms with Crippen LogP contribution in [0.2, 0.25) is 0 Å². The highest BCUT2D eigenvalue weighted by atomic mass is 16.5. The summed E-state index contributed by atoms with van der Waals surface area (Å²) in [5, 5.41) is 15.2. The summed E-state index contributed by atoms with van der Waals surface area (Å²) in [7, 11) is 2.02. The number of rotatable bonds is 9. The Morgan fingerprint density at radius 3 is 2.79 bits per heavy atom. The Bertz CT molecular complexity index is 944. The highest BCUT2D eigenvalue weighted by Gasteiger charge is 2.30. The SMILES string of the molecule is C=C1CC(OCC(/C=C\C)=C(\C)CC)CC(C)N1CC(O)Cn1nc2n(c1=O)CCN(C)C2. The van der Waals surface area contributed by atoms with Crippen molar-refractivity contribution in [3.63, 3.8) is 0 Å². The van der Waals surface area contributed by atoms with Crippen molar-refractivity contribution in [2.75, 3.05) is 26.7 Å². The normalized spacial score (nSPS) is 23.7. The van der Waals surface area contributed by atoms with Crippen LogP contribution in [0.25, 0.3) is 0 Å². The first-order valence-corrected chi connectivity index (χ1v) is 12.1. The summed E-state index contributed by atoms with van der Waals surface area (Å²) < 4.78 is 9.39. The van der Waals surface area contributed by atoms with E-state index in [0.29, 0.717) is 26.2 Å². The van der Waals surface area contributed by atoms with E-state index in [4.69, 9.17) is 4.74 Å². The van der Waals surface area contributed by atoms with Crippen molar-refractivity contribution in [1.82, 2.24) is 24.1 Å². The number of piperidine rings is 1. The molecule has 0 aliphatic carbocycles. The second-order valence-electron chi connectivity index (χ2n) is 9.52. The van der Waals surface area contributed by atoms with Gasteiger partial charge in [0.2, 0.25) is 0 Å². The number of ether oxygens (including phenoxy) is 1. The Labute approximate surface area is 197 Å². The van der Waals surface area contributed by atoms with Crippen molar-refractivity contribution in [3.8, 4) is 0 Å². The smallest absolute Gasteiger partial charge is 0.346 e. The van der Waals surface area contributed by atoms with E-state index >= 15 is 0 Å². The summed E-state index contributed by atoms with van der Waals surface area (Å²) in [6.07, 6.45) is 6.25. The second kappa shape index (κ2) is 11.3. The van der Waals surface area contributed by atoms with Gasteiger partial charge >= 0.3 is 5.69 Å².